The van der Waals surface area contributed by atoms with Crippen LogP contribution in [-0.4, -0.2) is 40.8 Å². The summed E-state index contributed by atoms with van der Waals surface area (Å²) >= 11 is 0. The van der Waals surface area contributed by atoms with Crippen molar-refractivity contribution in [2.45, 2.75) is 26.3 Å². The molecule has 1 aromatic carbocycles. The molecule has 0 aliphatic heterocycles. The number of carbonyl (C=O) groups is 1. The smallest absolute Gasteiger partial charge is 0.274 e. The molecule has 0 saturated carbocycles. The van der Waals surface area contributed by atoms with Crippen LogP contribution in [0, 0.1) is 0 Å². The van der Waals surface area contributed by atoms with Crippen molar-refractivity contribution in [1.29, 1.82) is 0 Å². The second-order valence-corrected chi connectivity index (χ2v) is 5.52. The Morgan fingerprint density at radius 2 is 1.96 bits per heavy atom. The molecule has 1 amide bonds. The van der Waals surface area contributed by atoms with Crippen LogP contribution in [0.5, 0.6) is 5.75 Å². The van der Waals surface area contributed by atoms with Gasteiger partial charge in [-0.25, -0.2) is 4.68 Å². The lowest BCUT2D eigenvalue weighted by Crippen LogP contribution is -2.33. The molecule has 0 bridgehead atoms. The third-order valence-electron chi connectivity index (χ3n) is 3.59. The van der Waals surface area contributed by atoms with Crippen LogP contribution in [0.15, 0.2) is 47.3 Å². The molecule has 0 spiro atoms. The van der Waals surface area contributed by atoms with E-state index in [2.05, 4.69) is 5.10 Å². The Hall–Kier alpha value is -2.63. The van der Waals surface area contributed by atoms with Gasteiger partial charge in [-0.3, -0.25) is 9.59 Å². The standard InChI is InChI=1S/C18H23N3O3/c1-3-4-12-21-17(22)11-10-16(19-21)18(23)20(2)13-14-24-15-8-6-5-7-9-15/h5-11H,3-4,12-14H2,1-2H3. The van der Waals surface area contributed by atoms with Crippen molar-refractivity contribution < 1.29 is 9.53 Å². The summed E-state index contributed by atoms with van der Waals surface area (Å²) in [7, 11) is 1.69. The maximum atomic E-state index is 12.4. The maximum absolute atomic E-state index is 12.4. The minimum atomic E-state index is -0.225. The van der Waals surface area contributed by atoms with Gasteiger partial charge < -0.3 is 9.64 Å². The predicted molar refractivity (Wildman–Crippen MR) is 92.3 cm³/mol. The lowest BCUT2D eigenvalue weighted by Gasteiger charge is -2.17. The Morgan fingerprint density at radius 3 is 2.67 bits per heavy atom. The van der Waals surface area contributed by atoms with Crippen molar-refractivity contribution in [2.75, 3.05) is 20.2 Å². The van der Waals surface area contributed by atoms with E-state index in [1.165, 1.54) is 16.8 Å². The van der Waals surface area contributed by atoms with Gasteiger partial charge in [0.2, 0.25) is 0 Å². The van der Waals surface area contributed by atoms with Crippen LogP contribution in [0.1, 0.15) is 30.3 Å². The average Bonchev–Trinajstić information content (AvgIpc) is 2.61. The molecule has 0 aliphatic carbocycles. The summed E-state index contributed by atoms with van der Waals surface area (Å²) in [5.41, 5.74) is 0.0861. The first-order valence-corrected chi connectivity index (χ1v) is 8.13. The van der Waals surface area contributed by atoms with E-state index in [9.17, 15) is 9.59 Å². The molecule has 0 saturated heterocycles. The number of aryl methyl sites for hydroxylation is 1. The van der Waals surface area contributed by atoms with Gasteiger partial charge in [-0.2, -0.15) is 5.10 Å². The fraction of sp³-hybridized carbons (Fsp3) is 0.389. The zero-order chi connectivity index (χ0) is 17.4. The molecule has 2 rings (SSSR count). The first-order valence-electron chi connectivity index (χ1n) is 8.13. The monoisotopic (exact) mass is 329 g/mol. The lowest BCUT2D eigenvalue weighted by atomic mass is 10.3. The highest BCUT2D eigenvalue weighted by molar-refractivity contribution is 5.91. The van der Waals surface area contributed by atoms with Gasteiger partial charge in [0.1, 0.15) is 18.1 Å². The molecule has 0 aliphatic rings. The van der Waals surface area contributed by atoms with Crippen molar-refractivity contribution in [2.24, 2.45) is 0 Å². The molecule has 0 radical (unpaired) electrons. The Balaban J connectivity index is 1.93. The second-order valence-electron chi connectivity index (χ2n) is 5.52. The molecule has 128 valence electrons. The summed E-state index contributed by atoms with van der Waals surface area (Å²) in [4.78, 5) is 25.7. The molecule has 0 fully saturated rings. The molecule has 0 N–H and O–H groups in total. The third-order valence-corrected chi connectivity index (χ3v) is 3.59. The van der Waals surface area contributed by atoms with Gasteiger partial charge in [-0.1, -0.05) is 31.5 Å². The average molecular weight is 329 g/mol. The zero-order valence-corrected chi connectivity index (χ0v) is 14.1. The SMILES string of the molecule is CCCCn1nc(C(=O)N(C)CCOc2ccccc2)ccc1=O. The van der Waals surface area contributed by atoms with E-state index < -0.39 is 0 Å². The van der Waals surface area contributed by atoms with E-state index in [-0.39, 0.29) is 17.2 Å². The number of rotatable bonds is 8. The van der Waals surface area contributed by atoms with Gasteiger partial charge in [-0.15, -0.1) is 0 Å². The minimum absolute atomic E-state index is 0.185. The quantitative estimate of drug-likeness (QED) is 0.745. The van der Waals surface area contributed by atoms with Crippen molar-refractivity contribution >= 4 is 5.91 Å². The number of aromatic nitrogens is 2. The van der Waals surface area contributed by atoms with Crippen LogP contribution < -0.4 is 10.3 Å². The van der Waals surface area contributed by atoms with Gasteiger partial charge in [0.15, 0.2) is 0 Å². The number of benzene rings is 1. The number of ether oxygens (including phenoxy) is 1. The zero-order valence-electron chi connectivity index (χ0n) is 14.1. The number of carbonyl (C=O) groups excluding carboxylic acids is 1. The largest absolute Gasteiger partial charge is 0.492 e. The Bertz CT molecular complexity index is 713. The number of unbranched alkanes of at least 4 members (excludes halogenated alkanes) is 1. The van der Waals surface area contributed by atoms with Crippen molar-refractivity contribution in [3.63, 3.8) is 0 Å². The molecule has 0 unspecified atom stereocenters. The molecule has 6 nitrogen and oxygen atoms in total. The van der Waals surface area contributed by atoms with E-state index in [1.54, 1.807) is 11.9 Å². The highest BCUT2D eigenvalue weighted by Crippen LogP contribution is 2.08. The fourth-order valence-corrected chi connectivity index (χ4v) is 2.15. The number of para-hydroxylation sites is 1. The Kier molecular flexibility index (Phi) is 6.54. The first-order chi connectivity index (χ1) is 11.6. The van der Waals surface area contributed by atoms with Crippen molar-refractivity contribution in [3.8, 4) is 5.75 Å². The van der Waals surface area contributed by atoms with Crippen LogP contribution in [0.25, 0.3) is 0 Å². The molecule has 6 heteroatoms. The first kappa shape index (κ1) is 17.7. The van der Waals surface area contributed by atoms with E-state index in [4.69, 9.17) is 4.74 Å². The lowest BCUT2D eigenvalue weighted by molar-refractivity contribution is 0.0765. The Morgan fingerprint density at radius 1 is 1.21 bits per heavy atom. The van der Waals surface area contributed by atoms with Gasteiger partial charge in [0.25, 0.3) is 11.5 Å². The van der Waals surface area contributed by atoms with Crippen LogP contribution in [0.4, 0.5) is 0 Å². The molecule has 2 aromatic rings. The van der Waals surface area contributed by atoms with Crippen molar-refractivity contribution in [3.05, 3.63) is 58.5 Å². The van der Waals surface area contributed by atoms with Gasteiger partial charge >= 0.3 is 0 Å². The summed E-state index contributed by atoms with van der Waals surface area (Å²) < 4.78 is 6.94. The highest BCUT2D eigenvalue weighted by atomic mass is 16.5. The van der Waals surface area contributed by atoms with Crippen LogP contribution in [0.2, 0.25) is 0 Å². The second kappa shape index (κ2) is 8.86. The van der Waals surface area contributed by atoms with Crippen LogP contribution >= 0.6 is 0 Å². The van der Waals surface area contributed by atoms with Gasteiger partial charge in [-0.05, 0) is 24.6 Å². The van der Waals surface area contributed by atoms with Gasteiger partial charge in [0.05, 0.1) is 6.54 Å². The summed E-state index contributed by atoms with van der Waals surface area (Å²) in [6.45, 7) is 3.39. The molecular formula is C18H23N3O3. The minimum Gasteiger partial charge on any atom is -0.492 e. The van der Waals surface area contributed by atoms with Crippen LogP contribution in [0.3, 0.4) is 0 Å². The summed E-state index contributed by atoms with van der Waals surface area (Å²) in [5, 5.41) is 4.17. The highest BCUT2D eigenvalue weighted by Gasteiger charge is 2.14. The third kappa shape index (κ3) is 4.94. The van der Waals surface area contributed by atoms with E-state index >= 15 is 0 Å². The predicted octanol–water partition coefficient (Wildman–Crippen LogP) is 2.19. The molecule has 0 atom stereocenters. The van der Waals surface area contributed by atoms with Crippen LogP contribution in [-0.2, 0) is 6.54 Å². The number of likely N-dealkylation sites (N-methyl/N-ethyl adjacent to an activating group) is 1. The molecule has 1 aromatic heterocycles. The van der Waals surface area contributed by atoms with E-state index in [0.29, 0.717) is 19.7 Å². The summed E-state index contributed by atoms with van der Waals surface area (Å²) in [5.74, 6) is 0.543. The number of amides is 1. The molecular weight excluding hydrogens is 306 g/mol. The van der Waals surface area contributed by atoms with E-state index in [0.717, 1.165) is 18.6 Å². The number of nitrogens with zero attached hydrogens (tertiary/aromatic N) is 3. The maximum Gasteiger partial charge on any atom is 0.274 e. The topological polar surface area (TPSA) is 64.4 Å². The van der Waals surface area contributed by atoms with E-state index in [1.807, 2.05) is 37.3 Å². The number of hydrogen-bond acceptors (Lipinski definition) is 4. The number of hydrogen-bond donors (Lipinski definition) is 0. The summed E-state index contributed by atoms with van der Waals surface area (Å²) in [6, 6.07) is 12.3. The molecule has 24 heavy (non-hydrogen) atoms. The summed E-state index contributed by atoms with van der Waals surface area (Å²) in [6.07, 6.45) is 1.81. The normalized spacial score (nSPS) is 10.4. The Labute approximate surface area is 141 Å². The molecule has 1 heterocycles. The van der Waals surface area contributed by atoms with Crippen molar-refractivity contribution in [1.82, 2.24) is 14.7 Å². The fourth-order valence-electron chi connectivity index (χ4n) is 2.15. The van der Waals surface area contributed by atoms with Gasteiger partial charge in [0, 0.05) is 19.7 Å².